The monoisotopic (exact) mass is 308 g/mol. The average Bonchev–Trinajstić information content (AvgIpc) is 3.12. The standard InChI is InChI=1S/C18H20N4O/c1-2-6-15(7-3-1)8-4-10-19-17-12-18(22-14-21-17)20-13-16-9-5-11-23-16/h1-3,5-7,9,11-12,14H,4,8,10,13H2,(H2,19,20,21,22). The Morgan fingerprint density at radius 1 is 0.913 bits per heavy atom. The fourth-order valence-electron chi connectivity index (χ4n) is 2.30. The van der Waals surface area contributed by atoms with Crippen molar-refractivity contribution >= 4 is 11.6 Å². The largest absolute Gasteiger partial charge is 0.467 e. The molecule has 0 saturated heterocycles. The zero-order chi connectivity index (χ0) is 15.7. The van der Waals surface area contributed by atoms with Crippen molar-refractivity contribution in [1.29, 1.82) is 0 Å². The maximum atomic E-state index is 5.29. The van der Waals surface area contributed by atoms with Crippen molar-refractivity contribution < 1.29 is 4.42 Å². The van der Waals surface area contributed by atoms with Crippen LogP contribution in [0.5, 0.6) is 0 Å². The highest BCUT2D eigenvalue weighted by Gasteiger charge is 2.00. The van der Waals surface area contributed by atoms with E-state index in [0.29, 0.717) is 6.54 Å². The molecule has 0 amide bonds. The molecule has 0 radical (unpaired) electrons. The predicted octanol–water partition coefficient (Wildman–Crippen LogP) is 3.73. The van der Waals surface area contributed by atoms with E-state index in [2.05, 4.69) is 44.9 Å². The Kier molecular flexibility index (Phi) is 5.24. The van der Waals surface area contributed by atoms with E-state index in [1.807, 2.05) is 24.3 Å². The van der Waals surface area contributed by atoms with Gasteiger partial charge in [-0.3, -0.25) is 0 Å². The molecule has 2 N–H and O–H groups in total. The van der Waals surface area contributed by atoms with Crippen LogP contribution in [0.2, 0.25) is 0 Å². The summed E-state index contributed by atoms with van der Waals surface area (Å²) < 4.78 is 5.29. The Balaban J connectivity index is 1.44. The fraction of sp³-hybridized carbons (Fsp3) is 0.222. The Bertz CT molecular complexity index is 698. The van der Waals surface area contributed by atoms with Gasteiger partial charge in [-0.1, -0.05) is 30.3 Å². The van der Waals surface area contributed by atoms with Gasteiger partial charge in [-0.15, -0.1) is 0 Å². The van der Waals surface area contributed by atoms with Crippen LogP contribution >= 0.6 is 0 Å². The number of aryl methyl sites for hydroxylation is 1. The number of benzene rings is 1. The first-order valence-electron chi connectivity index (χ1n) is 7.76. The van der Waals surface area contributed by atoms with Crippen LogP contribution in [0.3, 0.4) is 0 Å². The molecule has 5 nitrogen and oxygen atoms in total. The molecule has 0 fully saturated rings. The summed E-state index contributed by atoms with van der Waals surface area (Å²) in [5, 5.41) is 6.55. The molecule has 118 valence electrons. The molecule has 5 heteroatoms. The van der Waals surface area contributed by atoms with Gasteiger partial charge in [0.15, 0.2) is 0 Å². The number of aromatic nitrogens is 2. The summed E-state index contributed by atoms with van der Waals surface area (Å²) in [6, 6.07) is 16.2. The number of anilines is 2. The molecule has 2 heterocycles. The minimum Gasteiger partial charge on any atom is -0.467 e. The van der Waals surface area contributed by atoms with Crippen molar-refractivity contribution in [3.05, 3.63) is 72.4 Å². The third-order valence-corrected chi connectivity index (χ3v) is 3.48. The van der Waals surface area contributed by atoms with E-state index in [4.69, 9.17) is 4.42 Å². The van der Waals surface area contributed by atoms with Crippen molar-refractivity contribution in [1.82, 2.24) is 9.97 Å². The summed E-state index contributed by atoms with van der Waals surface area (Å²) in [5.74, 6) is 2.48. The van der Waals surface area contributed by atoms with Crippen LogP contribution in [0.15, 0.2) is 65.5 Å². The van der Waals surface area contributed by atoms with E-state index in [-0.39, 0.29) is 0 Å². The highest BCUT2D eigenvalue weighted by molar-refractivity contribution is 5.46. The molecule has 2 aromatic heterocycles. The molecule has 23 heavy (non-hydrogen) atoms. The highest BCUT2D eigenvalue weighted by Crippen LogP contribution is 2.11. The minimum atomic E-state index is 0.609. The third kappa shape index (κ3) is 4.85. The van der Waals surface area contributed by atoms with Gasteiger partial charge in [-0.25, -0.2) is 9.97 Å². The summed E-state index contributed by atoms with van der Waals surface area (Å²) in [6.07, 6.45) is 5.34. The summed E-state index contributed by atoms with van der Waals surface area (Å²) in [4.78, 5) is 8.45. The SMILES string of the molecule is c1ccc(CCCNc2cc(NCc3ccco3)ncn2)cc1. The second kappa shape index (κ2) is 7.98. The van der Waals surface area contributed by atoms with Crippen molar-refractivity contribution in [3.8, 4) is 0 Å². The smallest absolute Gasteiger partial charge is 0.131 e. The van der Waals surface area contributed by atoms with Gasteiger partial charge in [0.2, 0.25) is 0 Å². The molecule has 0 aliphatic heterocycles. The van der Waals surface area contributed by atoms with Gasteiger partial charge in [0.25, 0.3) is 0 Å². The zero-order valence-electron chi connectivity index (χ0n) is 12.9. The van der Waals surface area contributed by atoms with E-state index < -0.39 is 0 Å². The third-order valence-electron chi connectivity index (χ3n) is 3.48. The number of nitrogens with zero attached hydrogens (tertiary/aromatic N) is 2. The van der Waals surface area contributed by atoms with Crippen molar-refractivity contribution in [2.24, 2.45) is 0 Å². The molecule has 1 aromatic carbocycles. The molecule has 0 unspecified atom stereocenters. The van der Waals surface area contributed by atoms with E-state index in [1.54, 1.807) is 12.6 Å². The van der Waals surface area contributed by atoms with Gasteiger partial charge < -0.3 is 15.1 Å². The summed E-state index contributed by atoms with van der Waals surface area (Å²) in [7, 11) is 0. The number of rotatable bonds is 8. The van der Waals surface area contributed by atoms with Crippen LogP contribution < -0.4 is 10.6 Å². The van der Waals surface area contributed by atoms with Crippen molar-refractivity contribution in [2.75, 3.05) is 17.2 Å². The molecular formula is C18H20N4O. The van der Waals surface area contributed by atoms with Crippen LogP contribution in [-0.4, -0.2) is 16.5 Å². The first-order chi connectivity index (χ1) is 11.4. The van der Waals surface area contributed by atoms with Gasteiger partial charge in [0.05, 0.1) is 12.8 Å². The quantitative estimate of drug-likeness (QED) is 0.621. The summed E-state index contributed by atoms with van der Waals surface area (Å²) in [6.45, 7) is 1.49. The van der Waals surface area contributed by atoms with Gasteiger partial charge in [0, 0.05) is 12.6 Å². The molecule has 3 rings (SSSR count). The zero-order valence-corrected chi connectivity index (χ0v) is 12.9. The second-order valence-corrected chi connectivity index (χ2v) is 5.24. The fourth-order valence-corrected chi connectivity index (χ4v) is 2.30. The Morgan fingerprint density at radius 3 is 2.52 bits per heavy atom. The number of nitrogens with one attached hydrogen (secondary N) is 2. The molecular weight excluding hydrogens is 288 g/mol. The molecule has 0 atom stereocenters. The summed E-state index contributed by atoms with van der Waals surface area (Å²) in [5.41, 5.74) is 1.36. The molecule has 0 aliphatic rings. The van der Waals surface area contributed by atoms with E-state index >= 15 is 0 Å². The van der Waals surface area contributed by atoms with E-state index in [1.165, 1.54) is 5.56 Å². The van der Waals surface area contributed by atoms with Gasteiger partial charge in [0.1, 0.15) is 23.7 Å². The number of hydrogen-bond donors (Lipinski definition) is 2. The Hall–Kier alpha value is -2.82. The van der Waals surface area contributed by atoms with Gasteiger partial charge >= 0.3 is 0 Å². The lowest BCUT2D eigenvalue weighted by molar-refractivity contribution is 0.518. The second-order valence-electron chi connectivity index (χ2n) is 5.24. The molecule has 0 aliphatic carbocycles. The molecule has 0 bridgehead atoms. The number of furan rings is 1. The average molecular weight is 308 g/mol. The number of hydrogen-bond acceptors (Lipinski definition) is 5. The van der Waals surface area contributed by atoms with E-state index in [0.717, 1.165) is 36.8 Å². The summed E-state index contributed by atoms with van der Waals surface area (Å²) >= 11 is 0. The maximum Gasteiger partial charge on any atom is 0.131 e. The Labute approximate surface area is 135 Å². The lowest BCUT2D eigenvalue weighted by Gasteiger charge is -2.08. The van der Waals surface area contributed by atoms with Crippen molar-refractivity contribution in [2.45, 2.75) is 19.4 Å². The molecule has 3 aromatic rings. The van der Waals surface area contributed by atoms with Gasteiger partial charge in [-0.2, -0.15) is 0 Å². The Morgan fingerprint density at radius 2 is 1.74 bits per heavy atom. The highest BCUT2D eigenvalue weighted by atomic mass is 16.3. The van der Waals surface area contributed by atoms with Crippen molar-refractivity contribution in [3.63, 3.8) is 0 Å². The van der Waals surface area contributed by atoms with Crippen LogP contribution in [0.4, 0.5) is 11.6 Å². The van der Waals surface area contributed by atoms with Gasteiger partial charge in [-0.05, 0) is 30.5 Å². The predicted molar refractivity (Wildman–Crippen MR) is 91.3 cm³/mol. The lowest BCUT2D eigenvalue weighted by Crippen LogP contribution is -2.06. The van der Waals surface area contributed by atoms with Crippen LogP contribution in [0.1, 0.15) is 17.7 Å². The normalized spacial score (nSPS) is 10.4. The lowest BCUT2D eigenvalue weighted by atomic mass is 10.1. The van der Waals surface area contributed by atoms with Crippen LogP contribution in [0.25, 0.3) is 0 Å². The first-order valence-corrected chi connectivity index (χ1v) is 7.76. The van der Waals surface area contributed by atoms with Crippen LogP contribution in [-0.2, 0) is 13.0 Å². The first kappa shape index (κ1) is 15.1. The molecule has 0 spiro atoms. The maximum absolute atomic E-state index is 5.29. The molecule has 0 saturated carbocycles. The van der Waals surface area contributed by atoms with Crippen LogP contribution in [0, 0.1) is 0 Å². The topological polar surface area (TPSA) is 63.0 Å². The minimum absolute atomic E-state index is 0.609. The van der Waals surface area contributed by atoms with E-state index in [9.17, 15) is 0 Å².